The van der Waals surface area contributed by atoms with Crippen LogP contribution in [0.3, 0.4) is 0 Å². The lowest BCUT2D eigenvalue weighted by molar-refractivity contribution is 0.317. The van der Waals surface area contributed by atoms with Gasteiger partial charge in [-0.1, -0.05) is 59.6 Å². The molecule has 0 radical (unpaired) electrons. The van der Waals surface area contributed by atoms with Crippen LogP contribution >= 0.6 is 23.2 Å². The van der Waals surface area contributed by atoms with Gasteiger partial charge in [-0.05, 0) is 55.1 Å². The highest BCUT2D eigenvalue weighted by Gasteiger charge is 2.19. The van der Waals surface area contributed by atoms with Crippen LogP contribution in [0.15, 0.2) is 88.7 Å². The van der Waals surface area contributed by atoms with Crippen LogP contribution in [-0.2, 0) is 6.42 Å². The number of aryl methyl sites for hydroxylation is 1. The van der Waals surface area contributed by atoms with Gasteiger partial charge in [0, 0.05) is 48.3 Å². The summed E-state index contributed by atoms with van der Waals surface area (Å²) in [5.41, 5.74) is 3.90. The van der Waals surface area contributed by atoms with Gasteiger partial charge in [0.25, 0.3) is 0 Å². The molecule has 0 saturated carbocycles. The molecule has 0 spiro atoms. The van der Waals surface area contributed by atoms with E-state index in [1.165, 1.54) is 0 Å². The number of halogens is 2. The van der Waals surface area contributed by atoms with Crippen molar-refractivity contribution in [2.24, 2.45) is 9.98 Å². The summed E-state index contributed by atoms with van der Waals surface area (Å²) in [6, 6.07) is 21.6. The summed E-state index contributed by atoms with van der Waals surface area (Å²) in [7, 11) is 0. The number of hydrogen-bond acceptors (Lipinski definition) is 5. The molecule has 0 unspecified atom stereocenters. The van der Waals surface area contributed by atoms with Crippen molar-refractivity contribution < 1.29 is 0 Å². The van der Waals surface area contributed by atoms with Crippen molar-refractivity contribution >= 4 is 41.4 Å². The second kappa shape index (κ2) is 11.3. The SMILES string of the molecule is C=N/C(=C\N=C(Cc1ccccc1Cl)c1ccc(Cl)cc1)N1CCN(c2cccc(C)n2)CC1. The zero-order chi connectivity index (χ0) is 23.9. The van der Waals surface area contributed by atoms with Gasteiger partial charge < -0.3 is 9.80 Å². The first-order valence-corrected chi connectivity index (χ1v) is 12.0. The Labute approximate surface area is 211 Å². The quantitative estimate of drug-likeness (QED) is 0.377. The molecule has 1 saturated heterocycles. The summed E-state index contributed by atoms with van der Waals surface area (Å²) in [6.07, 6.45) is 2.39. The lowest BCUT2D eigenvalue weighted by Gasteiger charge is -2.36. The van der Waals surface area contributed by atoms with E-state index < -0.39 is 0 Å². The number of nitrogens with zero attached hydrogens (tertiary/aromatic N) is 5. The van der Waals surface area contributed by atoms with E-state index in [0.29, 0.717) is 11.4 Å². The first kappa shape index (κ1) is 24.0. The number of aliphatic imine (C=N–C) groups is 2. The highest BCUT2D eigenvalue weighted by Crippen LogP contribution is 2.21. The topological polar surface area (TPSA) is 44.1 Å². The molecule has 1 aliphatic rings. The molecule has 7 heteroatoms. The van der Waals surface area contributed by atoms with Gasteiger partial charge in [-0.3, -0.25) is 4.99 Å². The van der Waals surface area contributed by atoms with Crippen molar-refractivity contribution in [1.29, 1.82) is 0 Å². The van der Waals surface area contributed by atoms with Crippen LogP contribution in [0.1, 0.15) is 16.8 Å². The van der Waals surface area contributed by atoms with Crippen molar-refractivity contribution in [3.05, 3.63) is 106 Å². The molecule has 1 fully saturated rings. The van der Waals surface area contributed by atoms with E-state index in [1.54, 1.807) is 6.20 Å². The molecule has 34 heavy (non-hydrogen) atoms. The van der Waals surface area contributed by atoms with Crippen molar-refractivity contribution in [3.8, 4) is 0 Å². The summed E-state index contributed by atoms with van der Waals surface area (Å²) in [5.74, 6) is 1.77. The molecule has 0 N–H and O–H groups in total. The minimum atomic E-state index is 0.592. The molecule has 174 valence electrons. The fourth-order valence-corrected chi connectivity index (χ4v) is 4.24. The molecule has 3 aromatic rings. The van der Waals surface area contributed by atoms with Gasteiger partial charge in [0.15, 0.2) is 0 Å². The summed E-state index contributed by atoms with van der Waals surface area (Å²) in [5, 5.41) is 1.40. The monoisotopic (exact) mass is 491 g/mol. The van der Waals surface area contributed by atoms with Gasteiger partial charge in [-0.15, -0.1) is 0 Å². The normalized spacial score (nSPS) is 14.9. The first-order chi connectivity index (χ1) is 16.5. The first-order valence-electron chi connectivity index (χ1n) is 11.2. The highest BCUT2D eigenvalue weighted by molar-refractivity contribution is 6.31. The summed E-state index contributed by atoms with van der Waals surface area (Å²) < 4.78 is 0. The molecule has 2 aromatic carbocycles. The number of pyridine rings is 1. The van der Waals surface area contributed by atoms with Crippen molar-refractivity contribution in [2.45, 2.75) is 13.3 Å². The van der Waals surface area contributed by atoms with E-state index >= 15 is 0 Å². The minimum absolute atomic E-state index is 0.592. The standard InChI is InChI=1S/C27H27Cl2N5/c1-20-6-5-9-26(32-20)33-14-16-34(17-15-33)27(30-2)19-31-25(21-10-12-23(28)13-11-21)18-22-7-3-4-8-24(22)29/h3-13,19H,2,14-18H2,1H3/b27-19+,31-25?. The van der Waals surface area contributed by atoms with E-state index in [0.717, 1.165) is 65.4 Å². The average Bonchev–Trinajstić information content (AvgIpc) is 2.86. The zero-order valence-electron chi connectivity index (χ0n) is 19.2. The summed E-state index contributed by atoms with van der Waals surface area (Å²) >= 11 is 12.5. The van der Waals surface area contributed by atoms with Crippen LogP contribution in [0, 0.1) is 6.92 Å². The van der Waals surface area contributed by atoms with Crippen LogP contribution in [-0.4, -0.2) is 48.5 Å². The van der Waals surface area contributed by atoms with E-state index in [2.05, 4.69) is 32.6 Å². The molecule has 1 aromatic heterocycles. The van der Waals surface area contributed by atoms with Crippen LogP contribution in [0.2, 0.25) is 10.0 Å². The number of aromatic nitrogens is 1. The Morgan fingerprint density at radius 1 is 0.971 bits per heavy atom. The van der Waals surface area contributed by atoms with Crippen molar-refractivity contribution in [1.82, 2.24) is 9.88 Å². The number of anilines is 1. The van der Waals surface area contributed by atoms with Crippen LogP contribution in [0.25, 0.3) is 0 Å². The largest absolute Gasteiger partial charge is 0.353 e. The van der Waals surface area contributed by atoms with E-state index in [9.17, 15) is 0 Å². The van der Waals surface area contributed by atoms with Crippen LogP contribution in [0.5, 0.6) is 0 Å². The smallest absolute Gasteiger partial charge is 0.146 e. The Bertz CT molecular complexity index is 1200. The number of piperazine rings is 1. The van der Waals surface area contributed by atoms with Gasteiger partial charge in [0.05, 0.1) is 11.9 Å². The maximum Gasteiger partial charge on any atom is 0.146 e. The second-order valence-electron chi connectivity index (χ2n) is 8.11. The van der Waals surface area contributed by atoms with Crippen molar-refractivity contribution in [2.75, 3.05) is 31.1 Å². The molecule has 0 atom stereocenters. The third kappa shape index (κ3) is 6.04. The fourth-order valence-electron chi connectivity index (χ4n) is 3.91. The fraction of sp³-hybridized carbons (Fsp3) is 0.222. The van der Waals surface area contributed by atoms with Gasteiger partial charge >= 0.3 is 0 Å². The summed E-state index contributed by atoms with van der Waals surface area (Å²) in [4.78, 5) is 18.3. The Morgan fingerprint density at radius 3 is 2.38 bits per heavy atom. The summed E-state index contributed by atoms with van der Waals surface area (Å²) in [6.45, 7) is 9.15. The number of hydrogen-bond donors (Lipinski definition) is 0. The zero-order valence-corrected chi connectivity index (χ0v) is 20.7. The predicted molar refractivity (Wildman–Crippen MR) is 144 cm³/mol. The Kier molecular flexibility index (Phi) is 7.99. The minimum Gasteiger partial charge on any atom is -0.353 e. The van der Waals surface area contributed by atoms with Crippen LogP contribution in [0.4, 0.5) is 5.82 Å². The van der Waals surface area contributed by atoms with Crippen molar-refractivity contribution in [3.63, 3.8) is 0 Å². The Hall–Kier alpha value is -3.15. The lowest BCUT2D eigenvalue weighted by atomic mass is 10.0. The molecular formula is C27H27Cl2N5. The van der Waals surface area contributed by atoms with Crippen LogP contribution < -0.4 is 4.90 Å². The molecule has 5 nitrogen and oxygen atoms in total. The molecule has 0 aliphatic carbocycles. The maximum absolute atomic E-state index is 6.43. The number of benzene rings is 2. The molecule has 4 rings (SSSR count). The Balaban J connectivity index is 1.54. The molecular weight excluding hydrogens is 465 g/mol. The van der Waals surface area contributed by atoms with Gasteiger partial charge in [0.1, 0.15) is 11.6 Å². The second-order valence-corrected chi connectivity index (χ2v) is 8.95. The van der Waals surface area contributed by atoms with Gasteiger partial charge in [-0.2, -0.15) is 0 Å². The number of rotatable bonds is 7. The average molecular weight is 492 g/mol. The van der Waals surface area contributed by atoms with E-state index in [4.69, 9.17) is 28.2 Å². The Morgan fingerprint density at radius 2 is 1.71 bits per heavy atom. The van der Waals surface area contributed by atoms with E-state index in [-0.39, 0.29) is 0 Å². The molecule has 0 amide bonds. The predicted octanol–water partition coefficient (Wildman–Crippen LogP) is 6.05. The maximum atomic E-state index is 6.43. The third-order valence-electron chi connectivity index (χ3n) is 5.79. The third-order valence-corrected chi connectivity index (χ3v) is 6.41. The molecule has 0 bridgehead atoms. The van der Waals surface area contributed by atoms with Gasteiger partial charge in [0.2, 0.25) is 0 Å². The van der Waals surface area contributed by atoms with Gasteiger partial charge in [-0.25, -0.2) is 9.98 Å². The molecule has 2 heterocycles. The molecule has 1 aliphatic heterocycles. The highest BCUT2D eigenvalue weighted by atomic mass is 35.5. The lowest BCUT2D eigenvalue weighted by Crippen LogP contribution is -2.46. The van der Waals surface area contributed by atoms with E-state index in [1.807, 2.05) is 67.6 Å².